The molecule has 7 rings (SSSR count). The van der Waals surface area contributed by atoms with Crippen molar-refractivity contribution in [3.8, 4) is 11.4 Å². The summed E-state index contributed by atoms with van der Waals surface area (Å²) in [5, 5.41) is 8.84. The van der Waals surface area contributed by atoms with Gasteiger partial charge in [-0.05, 0) is 89.7 Å². The standard InChI is InChI=1S/C33H45N9O2/c1-22(42-21-30(37-38-42)29-15-34-16-31(36-29)40-18-24-13-25(24)19-40)28-11-10-26(14-35-28)39-12-6-9-27(20-39)41(17-23-7-5-8-23)32(43)44-33(2,3)4/h10-11,14-16,21-25,27H,5-9,12-13,17-20H2,1-4H3/t22?,24?,25?,27-/m1/s1. The van der Waals surface area contributed by atoms with Crippen LogP contribution in [0.4, 0.5) is 16.3 Å². The fourth-order valence-corrected chi connectivity index (χ4v) is 6.86. The molecule has 4 fully saturated rings. The highest BCUT2D eigenvalue weighted by atomic mass is 16.6. The number of piperidine rings is 2. The van der Waals surface area contributed by atoms with Gasteiger partial charge in [0.25, 0.3) is 0 Å². The molecule has 0 N–H and O–H groups in total. The third-order valence-electron chi connectivity index (χ3n) is 9.80. The van der Waals surface area contributed by atoms with E-state index in [4.69, 9.17) is 14.7 Å². The van der Waals surface area contributed by atoms with Crippen molar-refractivity contribution in [1.82, 2.24) is 34.8 Å². The molecule has 4 aliphatic rings. The van der Waals surface area contributed by atoms with Crippen LogP contribution in [-0.4, -0.2) is 85.3 Å². The van der Waals surface area contributed by atoms with Crippen molar-refractivity contribution in [2.75, 3.05) is 42.5 Å². The summed E-state index contributed by atoms with van der Waals surface area (Å²) in [7, 11) is 0. The minimum atomic E-state index is -0.504. The Morgan fingerprint density at radius 3 is 2.55 bits per heavy atom. The number of carbonyl (C=O) groups excluding carboxylic acids is 1. The first kappa shape index (κ1) is 29.0. The van der Waals surface area contributed by atoms with Crippen LogP contribution in [0.1, 0.15) is 78.0 Å². The average molecular weight is 600 g/mol. The molecule has 2 aliphatic carbocycles. The summed E-state index contributed by atoms with van der Waals surface area (Å²) in [6, 6.07) is 4.25. The summed E-state index contributed by atoms with van der Waals surface area (Å²) in [6.45, 7) is 12.6. The Morgan fingerprint density at radius 1 is 1.02 bits per heavy atom. The van der Waals surface area contributed by atoms with Gasteiger partial charge < -0.3 is 19.4 Å². The summed E-state index contributed by atoms with van der Waals surface area (Å²) in [4.78, 5) is 34.1. The van der Waals surface area contributed by atoms with Crippen molar-refractivity contribution in [2.45, 2.75) is 83.9 Å². The number of rotatable bonds is 8. The van der Waals surface area contributed by atoms with E-state index >= 15 is 0 Å². The summed E-state index contributed by atoms with van der Waals surface area (Å²) in [5.41, 5.74) is 2.93. The van der Waals surface area contributed by atoms with Crippen molar-refractivity contribution < 1.29 is 9.53 Å². The van der Waals surface area contributed by atoms with E-state index in [2.05, 4.69) is 44.2 Å². The maximum Gasteiger partial charge on any atom is 0.410 e. The molecule has 2 saturated heterocycles. The molecule has 2 aliphatic heterocycles. The molecule has 11 heteroatoms. The molecule has 5 heterocycles. The second-order valence-corrected chi connectivity index (χ2v) is 14.3. The second kappa shape index (κ2) is 11.6. The third-order valence-corrected chi connectivity index (χ3v) is 9.80. The molecule has 0 bridgehead atoms. The van der Waals surface area contributed by atoms with E-state index in [1.54, 1.807) is 6.20 Å². The van der Waals surface area contributed by atoms with Crippen LogP contribution >= 0.6 is 0 Å². The fourth-order valence-electron chi connectivity index (χ4n) is 6.86. The van der Waals surface area contributed by atoms with Crippen molar-refractivity contribution >= 4 is 17.6 Å². The van der Waals surface area contributed by atoms with Crippen LogP contribution < -0.4 is 9.80 Å². The molecule has 0 radical (unpaired) electrons. The smallest absolute Gasteiger partial charge is 0.410 e. The first-order valence-electron chi connectivity index (χ1n) is 16.4. The van der Waals surface area contributed by atoms with Crippen LogP contribution in [-0.2, 0) is 4.74 Å². The minimum Gasteiger partial charge on any atom is -0.444 e. The fraction of sp³-hybridized carbons (Fsp3) is 0.636. The van der Waals surface area contributed by atoms with Crippen LogP contribution in [0.3, 0.4) is 0 Å². The monoisotopic (exact) mass is 599 g/mol. The molecule has 3 aromatic heterocycles. The second-order valence-electron chi connectivity index (χ2n) is 14.3. The van der Waals surface area contributed by atoms with Crippen LogP contribution in [0.5, 0.6) is 0 Å². The van der Waals surface area contributed by atoms with E-state index in [-0.39, 0.29) is 18.2 Å². The van der Waals surface area contributed by atoms with Gasteiger partial charge in [0.2, 0.25) is 0 Å². The van der Waals surface area contributed by atoms with E-state index in [0.717, 1.165) is 80.3 Å². The number of aromatic nitrogens is 6. The number of hydrogen-bond acceptors (Lipinski definition) is 9. The van der Waals surface area contributed by atoms with Gasteiger partial charge in [-0.1, -0.05) is 11.6 Å². The van der Waals surface area contributed by atoms with Gasteiger partial charge in [-0.25, -0.2) is 14.5 Å². The van der Waals surface area contributed by atoms with Gasteiger partial charge >= 0.3 is 6.09 Å². The molecule has 1 amide bonds. The minimum absolute atomic E-state index is 0.0913. The van der Waals surface area contributed by atoms with Crippen LogP contribution in [0.15, 0.2) is 36.9 Å². The highest BCUT2D eigenvalue weighted by molar-refractivity contribution is 5.69. The van der Waals surface area contributed by atoms with Gasteiger partial charge in [0.05, 0.1) is 48.3 Å². The number of fused-ring (bicyclic) bond motifs is 1. The van der Waals surface area contributed by atoms with E-state index in [9.17, 15) is 4.79 Å². The number of nitrogens with zero attached hydrogens (tertiary/aromatic N) is 9. The van der Waals surface area contributed by atoms with E-state index < -0.39 is 5.60 Å². The highest BCUT2D eigenvalue weighted by Crippen LogP contribution is 2.46. The molecule has 234 valence electrons. The molecule has 3 unspecified atom stereocenters. The summed E-state index contributed by atoms with van der Waals surface area (Å²) < 4.78 is 7.69. The molecular formula is C33H45N9O2. The number of pyridine rings is 1. The Morgan fingerprint density at radius 2 is 1.84 bits per heavy atom. The van der Waals surface area contributed by atoms with Gasteiger partial charge in [0, 0.05) is 32.7 Å². The first-order valence-corrected chi connectivity index (χ1v) is 16.4. The van der Waals surface area contributed by atoms with Crippen LogP contribution in [0.2, 0.25) is 0 Å². The summed E-state index contributed by atoms with van der Waals surface area (Å²) in [5.74, 6) is 3.18. The quantitative estimate of drug-likeness (QED) is 0.345. The topological polar surface area (TPSA) is 105 Å². The van der Waals surface area contributed by atoms with Gasteiger partial charge in [-0.2, -0.15) is 0 Å². The van der Waals surface area contributed by atoms with Crippen molar-refractivity contribution in [2.24, 2.45) is 17.8 Å². The molecule has 0 spiro atoms. The Hall–Kier alpha value is -3.76. The van der Waals surface area contributed by atoms with Crippen molar-refractivity contribution in [3.63, 3.8) is 0 Å². The van der Waals surface area contributed by atoms with Gasteiger partial charge in [0.1, 0.15) is 22.8 Å². The SMILES string of the molecule is CC(c1ccc(N2CCC[C@@H](N(CC3CCC3)C(=O)OC(C)(C)C)C2)cn1)n1cc(-c2cncc(N3CC4CC4C3)n2)nn1. The molecule has 0 aromatic carbocycles. The zero-order chi connectivity index (χ0) is 30.4. The number of amides is 1. The van der Waals surface area contributed by atoms with E-state index in [1.807, 2.05) is 48.9 Å². The van der Waals surface area contributed by atoms with Gasteiger partial charge in [0.15, 0.2) is 0 Å². The predicted octanol–water partition coefficient (Wildman–Crippen LogP) is 5.20. The molecular weight excluding hydrogens is 554 g/mol. The van der Waals surface area contributed by atoms with E-state index in [0.29, 0.717) is 11.6 Å². The first-order chi connectivity index (χ1) is 21.2. The van der Waals surface area contributed by atoms with Crippen LogP contribution in [0, 0.1) is 17.8 Å². The largest absolute Gasteiger partial charge is 0.444 e. The summed E-state index contributed by atoms with van der Waals surface area (Å²) in [6.07, 6.45) is 14.3. The number of hydrogen-bond donors (Lipinski definition) is 0. The lowest BCUT2D eigenvalue weighted by Crippen LogP contribution is -2.53. The van der Waals surface area contributed by atoms with E-state index in [1.165, 1.54) is 25.7 Å². The Labute approximate surface area is 260 Å². The number of anilines is 2. The third kappa shape index (κ3) is 6.23. The maximum atomic E-state index is 13.3. The van der Waals surface area contributed by atoms with Gasteiger partial charge in [-0.3, -0.25) is 9.97 Å². The zero-order valence-corrected chi connectivity index (χ0v) is 26.5. The molecule has 4 atom stereocenters. The van der Waals surface area contributed by atoms with Crippen molar-refractivity contribution in [1.29, 1.82) is 0 Å². The highest BCUT2D eigenvalue weighted by Gasteiger charge is 2.45. The normalized spacial score (nSPS) is 24.0. The average Bonchev–Trinajstić information content (AvgIpc) is 3.35. The Kier molecular flexibility index (Phi) is 7.66. The Bertz CT molecular complexity index is 1450. The molecule has 2 saturated carbocycles. The zero-order valence-electron chi connectivity index (χ0n) is 26.5. The lowest BCUT2D eigenvalue weighted by molar-refractivity contribution is 0.00736. The van der Waals surface area contributed by atoms with Crippen LogP contribution in [0.25, 0.3) is 11.4 Å². The van der Waals surface area contributed by atoms with Crippen molar-refractivity contribution in [3.05, 3.63) is 42.6 Å². The molecule has 3 aromatic rings. The summed E-state index contributed by atoms with van der Waals surface area (Å²) >= 11 is 0. The maximum absolute atomic E-state index is 13.3. The predicted molar refractivity (Wildman–Crippen MR) is 168 cm³/mol. The lowest BCUT2D eigenvalue weighted by atomic mass is 9.84. The molecule has 44 heavy (non-hydrogen) atoms. The van der Waals surface area contributed by atoms with Gasteiger partial charge in [-0.15, -0.1) is 5.10 Å². The lowest BCUT2D eigenvalue weighted by Gasteiger charge is -2.43. The number of ether oxygens (including phenoxy) is 1. The number of carbonyl (C=O) groups is 1. The molecule has 11 nitrogen and oxygen atoms in total. The Balaban J connectivity index is 1.01.